The van der Waals surface area contributed by atoms with E-state index in [1.165, 1.54) is 0 Å². The van der Waals surface area contributed by atoms with Crippen molar-refractivity contribution in [1.82, 2.24) is 0 Å². The van der Waals surface area contributed by atoms with Crippen LogP contribution in [0.2, 0.25) is 0 Å². The van der Waals surface area contributed by atoms with E-state index >= 15 is 0 Å². The smallest absolute Gasteiger partial charge is 0.150 e. The molecule has 0 aliphatic carbocycles. The van der Waals surface area contributed by atoms with E-state index in [9.17, 15) is 10.0 Å². The fourth-order valence-electron chi connectivity index (χ4n) is 2.94. The van der Waals surface area contributed by atoms with Crippen molar-refractivity contribution < 1.29 is 23.7 Å². The molecule has 0 aliphatic heterocycles. The Morgan fingerprint density at radius 2 is 0.829 bits per heavy atom. The topological polar surface area (TPSA) is 55.3 Å². The number of hydrogen-bond acceptors (Lipinski definition) is 3. The first-order valence-electron chi connectivity index (χ1n) is 11.5. The molecule has 0 bridgehead atoms. The summed E-state index contributed by atoms with van der Waals surface area (Å²) in [5, 5.41) is 21.5. The SMILES string of the molecule is C[N+](C)(C)C.C[N+](C)(C)C.[O-]B([O-])OC#CC(c1ccccc1)(c1ccccc1)c1ccccc1. The van der Waals surface area contributed by atoms with Crippen molar-refractivity contribution in [3.8, 4) is 12.0 Å². The largest absolute Gasteiger partial charge is 0.859 e. The van der Waals surface area contributed by atoms with E-state index in [4.69, 9.17) is 0 Å². The van der Waals surface area contributed by atoms with Gasteiger partial charge in [-0.3, -0.25) is 0 Å². The second kappa shape index (κ2) is 13.7. The Morgan fingerprint density at radius 1 is 0.571 bits per heavy atom. The minimum Gasteiger partial charge on any atom is -0.859 e. The summed E-state index contributed by atoms with van der Waals surface area (Å²) in [6, 6.07) is 29.2. The zero-order valence-corrected chi connectivity index (χ0v) is 22.4. The molecule has 0 atom stereocenters. The summed E-state index contributed by atoms with van der Waals surface area (Å²) in [6.45, 7) is 0. The number of hydrogen-bond donors (Lipinski definition) is 0. The van der Waals surface area contributed by atoms with Gasteiger partial charge in [0.15, 0.2) is 7.32 Å². The van der Waals surface area contributed by atoms with E-state index in [0.717, 1.165) is 25.7 Å². The molecule has 35 heavy (non-hydrogen) atoms. The molecule has 0 unspecified atom stereocenters. The summed E-state index contributed by atoms with van der Waals surface area (Å²) in [7, 11) is 14.6. The molecule has 0 saturated carbocycles. The average Bonchev–Trinajstić information content (AvgIpc) is 2.76. The molecule has 0 aliphatic rings. The van der Waals surface area contributed by atoms with Crippen molar-refractivity contribution in [1.29, 1.82) is 0 Å². The predicted octanol–water partition coefficient (Wildman–Crippen LogP) is 2.35. The van der Waals surface area contributed by atoms with Crippen LogP contribution in [0.1, 0.15) is 16.7 Å². The van der Waals surface area contributed by atoms with Crippen LogP contribution in [0.5, 0.6) is 0 Å². The fourth-order valence-corrected chi connectivity index (χ4v) is 2.94. The van der Waals surface area contributed by atoms with E-state index in [1.807, 2.05) is 91.0 Å². The molecular weight excluding hydrogens is 435 g/mol. The first kappa shape index (κ1) is 30.0. The molecule has 0 heterocycles. The Labute approximate surface area is 212 Å². The van der Waals surface area contributed by atoms with Gasteiger partial charge in [0, 0.05) is 0 Å². The lowest BCUT2D eigenvalue weighted by Gasteiger charge is -2.31. The van der Waals surface area contributed by atoms with Gasteiger partial charge >= 0.3 is 0 Å². The average molecular weight is 474 g/mol. The molecule has 0 N–H and O–H groups in total. The van der Waals surface area contributed by atoms with Crippen molar-refractivity contribution in [3.63, 3.8) is 0 Å². The predicted molar refractivity (Wildman–Crippen MR) is 142 cm³/mol. The minimum absolute atomic E-state index is 0.849. The lowest BCUT2D eigenvalue weighted by molar-refractivity contribution is -0.849. The van der Waals surface area contributed by atoms with E-state index in [2.05, 4.69) is 73.1 Å². The third kappa shape index (κ3) is 12.3. The highest BCUT2D eigenvalue weighted by Crippen LogP contribution is 2.38. The molecule has 0 saturated heterocycles. The maximum absolute atomic E-state index is 10.7. The van der Waals surface area contributed by atoms with Crippen LogP contribution < -0.4 is 10.0 Å². The first-order chi connectivity index (χ1) is 16.2. The Bertz CT molecular complexity index is 913. The standard InChI is InChI=1S/C21H15BO3.2C4H12N/c23-22(24)25-17-16-21(18-10-4-1-5-11-18,19-12-6-2-7-13-19)20-14-8-3-9-15-20;2*1-5(2,3)4/h1-15H;2*1-4H3/q-2;2*+1. The van der Waals surface area contributed by atoms with Gasteiger partial charge in [0.2, 0.25) is 0 Å². The Hall–Kier alpha value is -3.08. The van der Waals surface area contributed by atoms with Crippen LogP contribution >= 0.6 is 0 Å². The van der Waals surface area contributed by atoms with Gasteiger partial charge in [-0.1, -0.05) is 91.0 Å². The molecule has 0 fully saturated rings. The number of rotatable bonds is 4. The summed E-state index contributed by atoms with van der Waals surface area (Å²) in [4.78, 5) is 0. The zero-order valence-electron chi connectivity index (χ0n) is 22.4. The number of nitrogens with zero attached hydrogens (tertiary/aromatic N) is 2. The molecule has 0 aromatic heterocycles. The zero-order chi connectivity index (χ0) is 26.5. The summed E-state index contributed by atoms with van der Waals surface area (Å²) in [5.74, 6) is 3.04. The summed E-state index contributed by atoms with van der Waals surface area (Å²) in [6.07, 6.45) is 2.35. The normalized spacial score (nSPS) is 10.9. The van der Waals surface area contributed by atoms with Crippen LogP contribution in [-0.4, -0.2) is 72.7 Å². The van der Waals surface area contributed by atoms with Crippen molar-refractivity contribution in [2.45, 2.75) is 5.41 Å². The van der Waals surface area contributed by atoms with Gasteiger partial charge in [-0.15, -0.1) is 0 Å². The van der Waals surface area contributed by atoms with E-state index in [-0.39, 0.29) is 0 Å². The summed E-state index contributed by atoms with van der Waals surface area (Å²) >= 11 is 0. The second-order valence-corrected chi connectivity index (χ2v) is 10.8. The van der Waals surface area contributed by atoms with Gasteiger partial charge < -0.3 is 23.7 Å². The Kier molecular flexibility index (Phi) is 11.7. The first-order valence-corrected chi connectivity index (χ1v) is 11.5. The van der Waals surface area contributed by atoms with Crippen LogP contribution in [0.4, 0.5) is 0 Å². The molecule has 5 nitrogen and oxygen atoms in total. The van der Waals surface area contributed by atoms with Crippen molar-refractivity contribution in [2.75, 3.05) is 56.4 Å². The van der Waals surface area contributed by atoms with Gasteiger partial charge in [-0.05, 0) is 22.6 Å². The van der Waals surface area contributed by atoms with E-state index < -0.39 is 12.7 Å². The summed E-state index contributed by atoms with van der Waals surface area (Å²) in [5.41, 5.74) is 1.93. The van der Waals surface area contributed by atoms with E-state index in [1.54, 1.807) is 0 Å². The van der Waals surface area contributed by atoms with Crippen LogP contribution in [0, 0.1) is 12.0 Å². The van der Waals surface area contributed by atoms with Crippen LogP contribution in [0.15, 0.2) is 91.0 Å². The van der Waals surface area contributed by atoms with Gasteiger partial charge in [-0.25, -0.2) is 0 Å². The molecule has 6 heteroatoms. The van der Waals surface area contributed by atoms with Gasteiger partial charge in [0.25, 0.3) is 0 Å². The molecule has 186 valence electrons. The molecule has 0 spiro atoms. The quantitative estimate of drug-likeness (QED) is 0.253. The molecule has 0 radical (unpaired) electrons. The third-order valence-corrected chi connectivity index (χ3v) is 4.01. The van der Waals surface area contributed by atoms with Crippen LogP contribution in [0.3, 0.4) is 0 Å². The Morgan fingerprint density at radius 3 is 1.06 bits per heavy atom. The second-order valence-electron chi connectivity index (χ2n) is 10.8. The highest BCUT2D eigenvalue weighted by atomic mass is 16.6. The monoisotopic (exact) mass is 474 g/mol. The number of quaternary nitrogens is 2. The van der Waals surface area contributed by atoms with Crippen molar-refractivity contribution in [3.05, 3.63) is 108 Å². The van der Waals surface area contributed by atoms with Crippen LogP contribution in [0.25, 0.3) is 0 Å². The minimum atomic E-state index is -2.44. The maximum atomic E-state index is 10.7. The summed E-state index contributed by atoms with van der Waals surface area (Å²) < 4.78 is 6.49. The molecule has 3 aromatic carbocycles. The number of benzene rings is 3. The highest BCUT2D eigenvalue weighted by Gasteiger charge is 2.34. The lowest BCUT2D eigenvalue weighted by atomic mass is 9.70. The van der Waals surface area contributed by atoms with Crippen molar-refractivity contribution >= 4 is 7.32 Å². The fraction of sp³-hybridized carbons (Fsp3) is 0.310. The maximum Gasteiger partial charge on any atom is 0.150 e. The van der Waals surface area contributed by atoms with Gasteiger partial charge in [0.1, 0.15) is 5.41 Å². The Balaban J connectivity index is 0.000000519. The molecule has 3 aromatic rings. The van der Waals surface area contributed by atoms with Crippen LogP contribution in [-0.2, 0) is 10.1 Å². The van der Waals surface area contributed by atoms with Gasteiger partial charge in [-0.2, -0.15) is 0 Å². The molecule has 0 amide bonds. The molecular formula is C29H39BN2O3. The van der Waals surface area contributed by atoms with Gasteiger partial charge in [0.05, 0.1) is 62.5 Å². The van der Waals surface area contributed by atoms with E-state index in [0.29, 0.717) is 0 Å². The molecule has 3 rings (SSSR count). The highest BCUT2D eigenvalue weighted by molar-refractivity contribution is 6.28. The van der Waals surface area contributed by atoms with Crippen molar-refractivity contribution in [2.24, 2.45) is 0 Å². The lowest BCUT2D eigenvalue weighted by Crippen LogP contribution is -2.46. The third-order valence-electron chi connectivity index (χ3n) is 4.01.